The molecule has 0 heterocycles. The normalized spacial score (nSPS) is 15.7. The van der Waals surface area contributed by atoms with Crippen molar-refractivity contribution in [3.63, 3.8) is 0 Å². The topological polar surface area (TPSA) is 58.6 Å². The van der Waals surface area contributed by atoms with E-state index in [1.54, 1.807) is 11.8 Å². The van der Waals surface area contributed by atoms with Crippen LogP contribution in [0.3, 0.4) is 0 Å². The van der Waals surface area contributed by atoms with Crippen LogP contribution in [-0.4, -0.2) is 47.4 Å². The van der Waals surface area contributed by atoms with E-state index in [2.05, 4.69) is 12.2 Å². The van der Waals surface area contributed by atoms with Gasteiger partial charge in [-0.15, -0.1) is 0 Å². The first kappa shape index (κ1) is 19.7. The maximum atomic E-state index is 12.1. The van der Waals surface area contributed by atoms with Crippen LogP contribution in [0, 0.1) is 0 Å². The minimum Gasteiger partial charge on any atom is -0.465 e. The number of thioether (sulfide) groups is 1. The summed E-state index contributed by atoms with van der Waals surface area (Å²) in [6.45, 7) is 9.36. The lowest BCUT2D eigenvalue weighted by molar-refractivity contribution is -0.150. The van der Waals surface area contributed by atoms with Gasteiger partial charge >= 0.3 is 5.97 Å². The fraction of sp³-hybridized carbons (Fsp3) is 0.933. The van der Waals surface area contributed by atoms with Gasteiger partial charge < -0.3 is 15.2 Å². The van der Waals surface area contributed by atoms with Crippen molar-refractivity contribution in [3.05, 3.63) is 0 Å². The Labute approximate surface area is 128 Å². The second-order valence-corrected chi connectivity index (χ2v) is 6.85. The molecule has 0 spiro atoms. The van der Waals surface area contributed by atoms with Gasteiger partial charge in [0.05, 0.1) is 13.2 Å². The monoisotopic (exact) mass is 305 g/mol. The smallest absolute Gasteiger partial charge is 0.326 e. The highest BCUT2D eigenvalue weighted by molar-refractivity contribution is 7.99. The number of ether oxygens (including phenoxy) is 1. The quantitative estimate of drug-likeness (QED) is 0.429. The van der Waals surface area contributed by atoms with Crippen molar-refractivity contribution in [1.82, 2.24) is 5.32 Å². The van der Waals surface area contributed by atoms with Gasteiger partial charge in [0.2, 0.25) is 0 Å². The number of carbonyl (C=O) groups is 1. The van der Waals surface area contributed by atoms with Gasteiger partial charge in [-0.05, 0) is 45.4 Å². The SMILES string of the molecule is CCCNC(C)(CCCCSC(C)CO)C(=O)OCC. The predicted molar refractivity (Wildman–Crippen MR) is 86.2 cm³/mol. The Kier molecular flexibility index (Phi) is 11.3. The minimum absolute atomic E-state index is 0.148. The maximum Gasteiger partial charge on any atom is 0.326 e. The minimum atomic E-state index is -0.570. The molecule has 0 radical (unpaired) electrons. The fourth-order valence-electron chi connectivity index (χ4n) is 1.87. The third-order valence-electron chi connectivity index (χ3n) is 3.22. The van der Waals surface area contributed by atoms with Crippen LogP contribution in [0.2, 0.25) is 0 Å². The summed E-state index contributed by atoms with van der Waals surface area (Å²) >= 11 is 1.78. The molecule has 0 saturated heterocycles. The molecule has 4 nitrogen and oxygen atoms in total. The standard InChI is InChI=1S/C15H31NO3S/c1-5-10-16-15(4,14(18)19-6-2)9-7-8-11-20-13(3)12-17/h13,16-17H,5-12H2,1-4H3. The fourth-order valence-corrected chi connectivity index (χ4v) is 2.75. The van der Waals surface area contributed by atoms with Gasteiger partial charge in [-0.3, -0.25) is 4.79 Å². The molecule has 0 aliphatic carbocycles. The number of hydrogen-bond acceptors (Lipinski definition) is 5. The number of aliphatic hydroxyl groups excluding tert-OH is 1. The zero-order chi connectivity index (χ0) is 15.4. The first-order valence-electron chi connectivity index (χ1n) is 7.64. The van der Waals surface area contributed by atoms with E-state index >= 15 is 0 Å². The van der Waals surface area contributed by atoms with E-state index in [0.29, 0.717) is 11.9 Å². The summed E-state index contributed by atoms with van der Waals surface area (Å²) in [4.78, 5) is 12.1. The Morgan fingerprint density at radius 1 is 1.40 bits per heavy atom. The summed E-state index contributed by atoms with van der Waals surface area (Å²) in [6.07, 6.45) is 3.83. The van der Waals surface area contributed by atoms with Crippen molar-refractivity contribution in [2.24, 2.45) is 0 Å². The largest absolute Gasteiger partial charge is 0.465 e. The van der Waals surface area contributed by atoms with Crippen LogP contribution in [0.25, 0.3) is 0 Å². The van der Waals surface area contributed by atoms with Gasteiger partial charge in [0.25, 0.3) is 0 Å². The molecule has 0 amide bonds. The summed E-state index contributed by atoms with van der Waals surface area (Å²) < 4.78 is 5.18. The molecule has 2 atom stereocenters. The third-order valence-corrected chi connectivity index (χ3v) is 4.46. The first-order chi connectivity index (χ1) is 9.50. The number of hydrogen-bond donors (Lipinski definition) is 2. The van der Waals surface area contributed by atoms with Crippen molar-refractivity contribution in [3.8, 4) is 0 Å². The zero-order valence-electron chi connectivity index (χ0n) is 13.4. The molecule has 20 heavy (non-hydrogen) atoms. The summed E-state index contributed by atoms with van der Waals surface area (Å²) in [6, 6.07) is 0. The molecular weight excluding hydrogens is 274 g/mol. The van der Waals surface area contributed by atoms with E-state index in [0.717, 1.165) is 38.0 Å². The van der Waals surface area contributed by atoms with E-state index in [4.69, 9.17) is 9.84 Å². The number of esters is 1. The van der Waals surface area contributed by atoms with Crippen LogP contribution in [0.5, 0.6) is 0 Å². The van der Waals surface area contributed by atoms with Crippen LogP contribution in [-0.2, 0) is 9.53 Å². The molecule has 0 aromatic rings. The molecule has 0 saturated carbocycles. The van der Waals surface area contributed by atoms with Gasteiger partial charge in [-0.25, -0.2) is 0 Å². The van der Waals surface area contributed by atoms with Crippen LogP contribution in [0.1, 0.15) is 53.4 Å². The molecule has 0 aromatic heterocycles. The number of nitrogens with one attached hydrogen (secondary N) is 1. The highest BCUT2D eigenvalue weighted by Gasteiger charge is 2.33. The Bertz CT molecular complexity index is 264. The second kappa shape index (κ2) is 11.4. The van der Waals surface area contributed by atoms with Gasteiger partial charge in [0.15, 0.2) is 0 Å². The molecule has 120 valence electrons. The van der Waals surface area contributed by atoms with Crippen LogP contribution >= 0.6 is 11.8 Å². The Morgan fingerprint density at radius 2 is 2.10 bits per heavy atom. The highest BCUT2D eigenvalue weighted by atomic mass is 32.2. The maximum absolute atomic E-state index is 12.1. The summed E-state index contributed by atoms with van der Waals surface area (Å²) in [7, 11) is 0. The molecule has 0 aliphatic heterocycles. The summed E-state index contributed by atoms with van der Waals surface area (Å²) in [5.41, 5.74) is -0.570. The Hall–Kier alpha value is -0.260. The summed E-state index contributed by atoms with van der Waals surface area (Å²) in [5.74, 6) is 0.874. The van der Waals surface area contributed by atoms with Crippen molar-refractivity contribution in [1.29, 1.82) is 0 Å². The van der Waals surface area contributed by atoms with Crippen molar-refractivity contribution in [2.75, 3.05) is 25.5 Å². The van der Waals surface area contributed by atoms with E-state index in [9.17, 15) is 4.79 Å². The molecule has 0 fully saturated rings. The van der Waals surface area contributed by atoms with Crippen molar-refractivity contribution >= 4 is 17.7 Å². The zero-order valence-corrected chi connectivity index (χ0v) is 14.2. The van der Waals surface area contributed by atoms with E-state index in [-0.39, 0.29) is 12.6 Å². The first-order valence-corrected chi connectivity index (χ1v) is 8.69. The summed E-state index contributed by atoms with van der Waals surface area (Å²) in [5, 5.41) is 12.6. The van der Waals surface area contributed by atoms with Crippen molar-refractivity contribution in [2.45, 2.75) is 64.2 Å². The molecule has 5 heteroatoms. The van der Waals surface area contributed by atoms with Gasteiger partial charge in [0, 0.05) is 5.25 Å². The Balaban J connectivity index is 4.12. The van der Waals surface area contributed by atoms with Crippen LogP contribution in [0.4, 0.5) is 0 Å². The highest BCUT2D eigenvalue weighted by Crippen LogP contribution is 2.19. The molecular formula is C15H31NO3S. The molecule has 0 rings (SSSR count). The third kappa shape index (κ3) is 8.12. The number of unbranched alkanes of at least 4 members (excludes halogenated alkanes) is 1. The number of aliphatic hydroxyl groups is 1. The molecule has 2 unspecified atom stereocenters. The molecule has 0 aromatic carbocycles. The lowest BCUT2D eigenvalue weighted by atomic mass is 9.95. The molecule has 0 bridgehead atoms. The van der Waals surface area contributed by atoms with Crippen LogP contribution in [0.15, 0.2) is 0 Å². The average molecular weight is 305 g/mol. The average Bonchev–Trinajstić information content (AvgIpc) is 2.44. The van der Waals surface area contributed by atoms with E-state index in [1.165, 1.54) is 0 Å². The predicted octanol–water partition coefficient (Wildman–Crippen LogP) is 2.59. The number of rotatable bonds is 12. The van der Waals surface area contributed by atoms with Gasteiger partial charge in [0.1, 0.15) is 5.54 Å². The van der Waals surface area contributed by atoms with Crippen LogP contribution < -0.4 is 5.32 Å². The van der Waals surface area contributed by atoms with E-state index in [1.807, 2.05) is 20.8 Å². The second-order valence-electron chi connectivity index (χ2n) is 5.30. The van der Waals surface area contributed by atoms with Gasteiger partial charge in [-0.2, -0.15) is 11.8 Å². The Morgan fingerprint density at radius 3 is 2.65 bits per heavy atom. The lowest BCUT2D eigenvalue weighted by Crippen LogP contribution is -2.50. The molecule has 2 N–H and O–H groups in total. The molecule has 0 aliphatic rings. The van der Waals surface area contributed by atoms with E-state index < -0.39 is 5.54 Å². The van der Waals surface area contributed by atoms with Crippen molar-refractivity contribution < 1.29 is 14.6 Å². The lowest BCUT2D eigenvalue weighted by Gasteiger charge is -2.28. The van der Waals surface area contributed by atoms with Gasteiger partial charge in [-0.1, -0.05) is 20.3 Å². The number of carbonyl (C=O) groups excluding carboxylic acids is 1.